The topological polar surface area (TPSA) is 36.9 Å². The Morgan fingerprint density at radius 3 is 1.52 bits per heavy atom. The number of hydrogen-bond acceptors (Lipinski definition) is 4. The predicted molar refractivity (Wildman–Crippen MR) is 92.5 cm³/mol. The Kier molecular flexibility index (Phi) is 9.54. The minimum absolute atomic E-state index is 0.341. The first kappa shape index (κ1) is 21.3. The van der Waals surface area contributed by atoms with Crippen LogP contribution in [0.4, 0.5) is 0 Å². The van der Waals surface area contributed by atoms with E-state index in [-0.39, 0.29) is 0 Å². The van der Waals surface area contributed by atoms with Crippen LogP contribution in [0.15, 0.2) is 0 Å². The molecule has 0 aromatic heterocycles. The third-order valence-corrected chi connectivity index (χ3v) is 12.5. The third kappa shape index (κ3) is 5.15. The molecular weight excluding hydrogens is 300 g/mol. The maximum absolute atomic E-state index is 5.72. The van der Waals surface area contributed by atoms with Crippen LogP contribution in [0.25, 0.3) is 0 Å². The van der Waals surface area contributed by atoms with Crippen LogP contribution in [-0.2, 0) is 17.7 Å². The van der Waals surface area contributed by atoms with E-state index in [9.17, 15) is 0 Å². The monoisotopic (exact) mass is 334 g/mol. The third-order valence-electron chi connectivity index (χ3n) is 5.04. The van der Waals surface area contributed by atoms with E-state index in [1.54, 1.807) is 28.4 Å². The van der Waals surface area contributed by atoms with E-state index in [0.717, 1.165) is 19.3 Å². The van der Waals surface area contributed by atoms with Crippen LogP contribution in [0.1, 0.15) is 26.2 Å². The molecule has 6 heteroatoms. The molecule has 126 valence electrons. The second kappa shape index (κ2) is 9.42. The molecule has 4 nitrogen and oxygen atoms in total. The summed E-state index contributed by atoms with van der Waals surface area (Å²) in [7, 11) is 2.59. The Morgan fingerprint density at radius 2 is 1.24 bits per heavy atom. The zero-order valence-electron chi connectivity index (χ0n) is 14.9. The Balaban J connectivity index is 5.09. The molecule has 3 unspecified atom stereocenters. The van der Waals surface area contributed by atoms with Gasteiger partial charge in [0.2, 0.25) is 0 Å². The van der Waals surface area contributed by atoms with Crippen molar-refractivity contribution in [3.63, 3.8) is 0 Å². The first-order chi connectivity index (χ1) is 9.78. The first-order valence-electron chi connectivity index (χ1n) is 7.57. The molecular formula is C15H34O4Si2. The highest BCUT2D eigenvalue weighted by molar-refractivity contribution is 6.68. The predicted octanol–water partition coefficient (Wildman–Crippen LogP) is 3.93. The molecule has 0 N–H and O–H groups in total. The molecule has 0 amide bonds. The van der Waals surface area contributed by atoms with Crippen LogP contribution in [0.3, 0.4) is 0 Å². The van der Waals surface area contributed by atoms with Crippen LogP contribution in [0.2, 0.25) is 24.2 Å². The van der Waals surface area contributed by atoms with E-state index in [1.807, 2.05) is 0 Å². The van der Waals surface area contributed by atoms with Gasteiger partial charge in [0, 0.05) is 39.5 Å². The van der Waals surface area contributed by atoms with Crippen LogP contribution >= 0.6 is 0 Å². The van der Waals surface area contributed by atoms with Gasteiger partial charge in [-0.3, -0.25) is 0 Å². The molecule has 0 aliphatic rings. The van der Waals surface area contributed by atoms with Crippen molar-refractivity contribution in [2.75, 3.05) is 28.4 Å². The smallest absolute Gasteiger partial charge is 0.337 e. The summed E-state index contributed by atoms with van der Waals surface area (Å²) in [5.41, 5.74) is 0.692. The molecule has 0 heterocycles. The second-order valence-corrected chi connectivity index (χ2v) is 13.2. The molecule has 21 heavy (non-hydrogen) atoms. The van der Waals surface area contributed by atoms with Gasteiger partial charge in [-0.15, -0.1) is 0 Å². The molecule has 0 fully saturated rings. The highest BCUT2D eigenvalue weighted by atomic mass is 28.4. The fraction of sp³-hybridized carbons (Fsp3) is 0.867. The maximum Gasteiger partial charge on any atom is 0.337 e. The van der Waals surface area contributed by atoms with Crippen molar-refractivity contribution in [3.8, 4) is 0 Å². The fourth-order valence-electron chi connectivity index (χ4n) is 3.07. The van der Waals surface area contributed by atoms with Gasteiger partial charge in [-0.25, -0.2) is 0 Å². The van der Waals surface area contributed by atoms with Gasteiger partial charge >= 0.3 is 17.1 Å². The molecule has 0 aromatic rings. The summed E-state index contributed by atoms with van der Waals surface area (Å²) >= 11 is 0. The summed E-state index contributed by atoms with van der Waals surface area (Å²) in [6.07, 6.45) is 2.63. The summed E-state index contributed by atoms with van der Waals surface area (Å²) in [6, 6.07) is 0. The molecule has 0 rings (SSSR count). The lowest BCUT2D eigenvalue weighted by atomic mass is 9.98. The molecule has 0 saturated heterocycles. The van der Waals surface area contributed by atoms with Gasteiger partial charge in [0.1, 0.15) is 0 Å². The quantitative estimate of drug-likeness (QED) is 0.536. The standard InChI is InChI=1S/C15H34O4Si2/c1-10-14(20(8,16-4)17-5)12-13(3)15(11-2)21(9,18-6)19-7/h13-15H,1-2,10-12H2,3-9H3. The zero-order valence-corrected chi connectivity index (χ0v) is 16.9. The van der Waals surface area contributed by atoms with Crippen molar-refractivity contribution in [2.45, 2.75) is 50.4 Å². The Labute approximate surface area is 134 Å². The van der Waals surface area contributed by atoms with Crippen molar-refractivity contribution in [1.29, 1.82) is 0 Å². The summed E-state index contributed by atoms with van der Waals surface area (Å²) in [6.45, 7) is 14.7. The average Bonchev–Trinajstić information content (AvgIpc) is 2.51. The van der Waals surface area contributed by atoms with E-state index in [2.05, 4.69) is 33.9 Å². The van der Waals surface area contributed by atoms with Crippen molar-refractivity contribution in [3.05, 3.63) is 13.8 Å². The van der Waals surface area contributed by atoms with Gasteiger partial charge < -0.3 is 17.7 Å². The minimum atomic E-state index is -2.20. The lowest BCUT2D eigenvalue weighted by Crippen LogP contribution is -2.46. The van der Waals surface area contributed by atoms with Crippen LogP contribution < -0.4 is 0 Å². The zero-order chi connectivity index (χ0) is 16.7. The molecule has 3 atom stereocenters. The van der Waals surface area contributed by atoms with Gasteiger partial charge in [-0.05, 0) is 38.3 Å². The van der Waals surface area contributed by atoms with Gasteiger partial charge in [0.25, 0.3) is 0 Å². The molecule has 0 aliphatic carbocycles. The van der Waals surface area contributed by atoms with Crippen molar-refractivity contribution >= 4 is 17.1 Å². The van der Waals surface area contributed by atoms with Crippen molar-refractivity contribution < 1.29 is 17.7 Å². The summed E-state index contributed by atoms with van der Waals surface area (Å²) < 4.78 is 22.9. The van der Waals surface area contributed by atoms with Crippen molar-refractivity contribution in [1.82, 2.24) is 0 Å². The molecule has 0 aromatic carbocycles. The molecule has 0 saturated carbocycles. The molecule has 0 spiro atoms. The van der Waals surface area contributed by atoms with Crippen LogP contribution in [0.5, 0.6) is 0 Å². The van der Waals surface area contributed by atoms with E-state index in [1.165, 1.54) is 0 Å². The van der Waals surface area contributed by atoms with Gasteiger partial charge in [0.05, 0.1) is 0 Å². The molecule has 0 aliphatic heterocycles. The number of rotatable bonds is 11. The lowest BCUT2D eigenvalue weighted by molar-refractivity contribution is 0.209. The Bertz CT molecular complexity index is 281. The average molecular weight is 335 g/mol. The second-order valence-electron chi connectivity index (χ2n) is 5.94. The number of hydrogen-bond donors (Lipinski definition) is 0. The van der Waals surface area contributed by atoms with Crippen LogP contribution in [0, 0.1) is 19.8 Å². The van der Waals surface area contributed by atoms with Crippen LogP contribution in [-0.4, -0.2) is 45.6 Å². The maximum atomic E-state index is 5.72. The van der Waals surface area contributed by atoms with Gasteiger partial charge in [-0.2, -0.15) is 0 Å². The largest absolute Gasteiger partial charge is 0.398 e. The highest BCUT2D eigenvalue weighted by Gasteiger charge is 2.45. The summed E-state index contributed by atoms with van der Waals surface area (Å²) in [5, 5.41) is 0. The van der Waals surface area contributed by atoms with Gasteiger partial charge in [0.15, 0.2) is 0 Å². The summed E-state index contributed by atoms with van der Waals surface area (Å²) in [4.78, 5) is 0. The van der Waals surface area contributed by atoms with Gasteiger partial charge in [-0.1, -0.05) is 20.8 Å². The Morgan fingerprint density at radius 1 is 0.810 bits per heavy atom. The SMILES string of the molecule is [CH2]CC(CC(C)C(C[CH2])[Si](C)(OC)OC)[Si](C)(OC)OC. The highest BCUT2D eigenvalue weighted by Crippen LogP contribution is 2.41. The fourth-order valence-corrected chi connectivity index (χ4v) is 7.70. The summed E-state index contributed by atoms with van der Waals surface area (Å²) in [5.74, 6) is 0.433. The lowest BCUT2D eigenvalue weighted by Gasteiger charge is -2.39. The van der Waals surface area contributed by atoms with E-state index >= 15 is 0 Å². The van der Waals surface area contributed by atoms with Crippen molar-refractivity contribution in [2.24, 2.45) is 5.92 Å². The minimum Gasteiger partial charge on any atom is -0.398 e. The van der Waals surface area contributed by atoms with E-state index in [4.69, 9.17) is 17.7 Å². The van der Waals surface area contributed by atoms with E-state index in [0.29, 0.717) is 17.0 Å². The molecule has 2 radical (unpaired) electrons. The molecule has 0 bridgehead atoms. The Hall–Kier alpha value is 0.274. The van der Waals surface area contributed by atoms with E-state index < -0.39 is 17.1 Å². The normalized spacial score (nSPS) is 17.6. The first-order valence-corrected chi connectivity index (χ1v) is 12.4.